The predicted octanol–water partition coefficient (Wildman–Crippen LogP) is 4.11. The van der Waals surface area contributed by atoms with Crippen LogP contribution in [0.25, 0.3) is 0 Å². The van der Waals surface area contributed by atoms with Crippen LogP contribution in [0.15, 0.2) is 42.5 Å². The first-order valence-corrected chi connectivity index (χ1v) is 6.75. The zero-order valence-corrected chi connectivity index (χ0v) is 12.4. The molecule has 0 aliphatic carbocycles. The Hall–Kier alpha value is -2.07. The molecule has 0 aromatic heterocycles. The predicted molar refractivity (Wildman–Crippen MR) is 81.0 cm³/mol. The number of carbonyl (C=O) groups is 1. The summed E-state index contributed by atoms with van der Waals surface area (Å²) in [6, 6.07) is 10.8. The molecule has 2 aromatic rings. The zero-order chi connectivity index (χ0) is 15.4. The SMILES string of the molecule is COC(=O)C(Nc1ccc(Cl)cc1)c1ccc(C)c(F)c1. The molecule has 0 saturated heterocycles. The molecule has 2 aromatic carbocycles. The van der Waals surface area contributed by atoms with Crippen molar-refractivity contribution < 1.29 is 13.9 Å². The molecule has 0 spiro atoms. The Labute approximate surface area is 127 Å². The van der Waals surface area contributed by atoms with Crippen LogP contribution in [-0.4, -0.2) is 13.1 Å². The van der Waals surface area contributed by atoms with E-state index in [0.717, 1.165) is 0 Å². The molecular formula is C16H15ClFNO2. The normalized spacial score (nSPS) is 11.8. The number of carbonyl (C=O) groups excluding carboxylic acids is 1. The number of rotatable bonds is 4. The van der Waals surface area contributed by atoms with E-state index in [4.69, 9.17) is 16.3 Å². The van der Waals surface area contributed by atoms with Crippen LogP contribution in [0, 0.1) is 12.7 Å². The molecule has 3 nitrogen and oxygen atoms in total. The van der Waals surface area contributed by atoms with E-state index in [1.54, 1.807) is 43.3 Å². The van der Waals surface area contributed by atoms with Gasteiger partial charge in [0.25, 0.3) is 0 Å². The van der Waals surface area contributed by atoms with Gasteiger partial charge in [0.05, 0.1) is 7.11 Å². The van der Waals surface area contributed by atoms with Crippen LogP contribution in [0.3, 0.4) is 0 Å². The number of esters is 1. The van der Waals surface area contributed by atoms with Crippen LogP contribution >= 0.6 is 11.6 Å². The van der Waals surface area contributed by atoms with Crippen LogP contribution in [0.5, 0.6) is 0 Å². The second-order valence-corrected chi connectivity index (χ2v) is 5.05. The molecule has 0 saturated carbocycles. The molecule has 0 aliphatic rings. The lowest BCUT2D eigenvalue weighted by Gasteiger charge is -2.18. The van der Waals surface area contributed by atoms with Crippen LogP contribution < -0.4 is 5.32 Å². The number of benzene rings is 2. The average molecular weight is 308 g/mol. The van der Waals surface area contributed by atoms with Gasteiger partial charge in [-0.25, -0.2) is 9.18 Å². The van der Waals surface area contributed by atoms with Crippen LogP contribution in [0.1, 0.15) is 17.2 Å². The van der Waals surface area contributed by atoms with Gasteiger partial charge in [-0.3, -0.25) is 0 Å². The topological polar surface area (TPSA) is 38.3 Å². The largest absolute Gasteiger partial charge is 0.467 e. The Morgan fingerprint density at radius 3 is 2.48 bits per heavy atom. The van der Waals surface area contributed by atoms with Gasteiger partial charge in [0.15, 0.2) is 6.04 Å². The molecule has 5 heteroatoms. The number of methoxy groups -OCH3 is 1. The molecule has 1 atom stereocenters. The first kappa shape index (κ1) is 15.3. The van der Waals surface area contributed by atoms with Gasteiger partial charge < -0.3 is 10.1 Å². The summed E-state index contributed by atoms with van der Waals surface area (Å²) in [5, 5.41) is 3.61. The fourth-order valence-corrected chi connectivity index (χ4v) is 2.02. The Bertz CT molecular complexity index is 643. The minimum absolute atomic E-state index is 0.362. The highest BCUT2D eigenvalue weighted by Gasteiger charge is 2.22. The first-order chi connectivity index (χ1) is 10.0. The summed E-state index contributed by atoms with van der Waals surface area (Å²) < 4.78 is 18.5. The van der Waals surface area contributed by atoms with Crippen molar-refractivity contribution in [3.63, 3.8) is 0 Å². The summed E-state index contributed by atoms with van der Waals surface area (Å²) in [7, 11) is 1.30. The molecule has 110 valence electrons. The van der Waals surface area contributed by atoms with Gasteiger partial charge in [-0.1, -0.05) is 23.7 Å². The standard InChI is InChI=1S/C16H15ClFNO2/c1-10-3-4-11(9-14(10)18)15(16(20)21-2)19-13-7-5-12(17)6-8-13/h3-9,15,19H,1-2H3. The molecule has 0 radical (unpaired) electrons. The quantitative estimate of drug-likeness (QED) is 0.864. The van der Waals surface area contributed by atoms with Gasteiger partial charge in [-0.15, -0.1) is 0 Å². The number of aryl methyl sites for hydroxylation is 1. The number of nitrogens with one attached hydrogen (secondary N) is 1. The van der Waals surface area contributed by atoms with Crippen molar-refractivity contribution >= 4 is 23.3 Å². The highest BCUT2D eigenvalue weighted by Crippen LogP contribution is 2.23. The zero-order valence-electron chi connectivity index (χ0n) is 11.7. The number of halogens is 2. The first-order valence-electron chi connectivity index (χ1n) is 6.37. The Kier molecular flexibility index (Phi) is 4.81. The third-order valence-corrected chi connectivity index (χ3v) is 3.37. The van der Waals surface area contributed by atoms with Gasteiger partial charge >= 0.3 is 5.97 Å². The van der Waals surface area contributed by atoms with E-state index in [9.17, 15) is 9.18 Å². The molecule has 21 heavy (non-hydrogen) atoms. The second-order valence-electron chi connectivity index (χ2n) is 4.62. The molecule has 1 N–H and O–H groups in total. The second kappa shape index (κ2) is 6.59. The van der Waals surface area contributed by atoms with Crippen molar-refractivity contribution in [3.8, 4) is 0 Å². The lowest BCUT2D eigenvalue weighted by atomic mass is 10.0. The summed E-state index contributed by atoms with van der Waals surface area (Å²) in [5.74, 6) is -0.854. The van der Waals surface area contributed by atoms with Gasteiger partial charge in [0, 0.05) is 10.7 Å². The number of ether oxygens (including phenoxy) is 1. The molecule has 0 bridgehead atoms. The summed E-state index contributed by atoms with van der Waals surface area (Å²) in [5.41, 5.74) is 1.71. The minimum Gasteiger partial charge on any atom is -0.467 e. The van der Waals surface area contributed by atoms with Crippen molar-refractivity contribution in [2.45, 2.75) is 13.0 Å². The molecular weight excluding hydrogens is 293 g/mol. The summed E-state index contributed by atoms with van der Waals surface area (Å²) >= 11 is 5.82. The summed E-state index contributed by atoms with van der Waals surface area (Å²) in [6.07, 6.45) is 0. The summed E-state index contributed by atoms with van der Waals surface area (Å²) in [6.45, 7) is 1.67. The van der Waals surface area contributed by atoms with E-state index in [1.807, 2.05) is 0 Å². The minimum atomic E-state index is -0.786. The van der Waals surface area contributed by atoms with Gasteiger partial charge in [0.2, 0.25) is 0 Å². The Morgan fingerprint density at radius 1 is 1.24 bits per heavy atom. The van der Waals surface area contributed by atoms with Gasteiger partial charge in [-0.05, 0) is 48.4 Å². The molecule has 0 heterocycles. The highest BCUT2D eigenvalue weighted by atomic mass is 35.5. The molecule has 2 rings (SSSR count). The highest BCUT2D eigenvalue weighted by molar-refractivity contribution is 6.30. The Morgan fingerprint density at radius 2 is 1.90 bits per heavy atom. The Balaban J connectivity index is 2.31. The van der Waals surface area contributed by atoms with Gasteiger partial charge in [-0.2, -0.15) is 0 Å². The van der Waals surface area contributed by atoms with Crippen molar-refractivity contribution in [1.82, 2.24) is 0 Å². The number of hydrogen-bond donors (Lipinski definition) is 1. The third-order valence-electron chi connectivity index (χ3n) is 3.12. The van der Waals surface area contributed by atoms with E-state index in [2.05, 4.69) is 5.32 Å². The monoisotopic (exact) mass is 307 g/mol. The van der Waals surface area contributed by atoms with Crippen LogP contribution in [-0.2, 0) is 9.53 Å². The lowest BCUT2D eigenvalue weighted by molar-refractivity contribution is -0.141. The van der Waals surface area contributed by atoms with Gasteiger partial charge in [0.1, 0.15) is 5.82 Å². The van der Waals surface area contributed by atoms with Crippen molar-refractivity contribution in [3.05, 3.63) is 64.4 Å². The fourth-order valence-electron chi connectivity index (χ4n) is 1.90. The molecule has 0 aliphatic heterocycles. The van der Waals surface area contributed by atoms with E-state index in [0.29, 0.717) is 21.8 Å². The number of hydrogen-bond acceptors (Lipinski definition) is 3. The summed E-state index contributed by atoms with van der Waals surface area (Å²) in [4.78, 5) is 11.9. The number of anilines is 1. The third kappa shape index (κ3) is 3.73. The van der Waals surface area contributed by atoms with E-state index in [-0.39, 0.29) is 5.82 Å². The van der Waals surface area contributed by atoms with Crippen LogP contribution in [0.4, 0.5) is 10.1 Å². The maximum absolute atomic E-state index is 13.7. The fraction of sp³-hybridized carbons (Fsp3) is 0.188. The molecule has 0 fully saturated rings. The van der Waals surface area contributed by atoms with E-state index >= 15 is 0 Å². The van der Waals surface area contributed by atoms with Crippen molar-refractivity contribution in [2.24, 2.45) is 0 Å². The smallest absolute Gasteiger partial charge is 0.332 e. The van der Waals surface area contributed by atoms with E-state index in [1.165, 1.54) is 13.2 Å². The lowest BCUT2D eigenvalue weighted by Crippen LogP contribution is -2.22. The maximum atomic E-state index is 13.7. The average Bonchev–Trinajstić information content (AvgIpc) is 2.49. The van der Waals surface area contributed by atoms with E-state index < -0.39 is 12.0 Å². The van der Waals surface area contributed by atoms with Crippen molar-refractivity contribution in [1.29, 1.82) is 0 Å². The van der Waals surface area contributed by atoms with Crippen molar-refractivity contribution in [2.75, 3.05) is 12.4 Å². The van der Waals surface area contributed by atoms with Crippen LogP contribution in [0.2, 0.25) is 5.02 Å². The molecule has 0 amide bonds. The maximum Gasteiger partial charge on any atom is 0.332 e. The molecule has 1 unspecified atom stereocenters.